The van der Waals surface area contributed by atoms with Crippen molar-refractivity contribution in [2.75, 3.05) is 40.3 Å². The number of nitrogens with one attached hydrogen (secondary N) is 1. The van der Waals surface area contributed by atoms with Gasteiger partial charge in [0.1, 0.15) is 0 Å². The Kier molecular flexibility index (Phi) is 4.96. The molecule has 19 heavy (non-hydrogen) atoms. The molecule has 2 heterocycles. The lowest BCUT2D eigenvalue weighted by atomic mass is 10.0. The highest BCUT2D eigenvalue weighted by Crippen LogP contribution is 2.22. The van der Waals surface area contributed by atoms with Gasteiger partial charge in [0.25, 0.3) is 0 Å². The average Bonchev–Trinajstić information content (AvgIpc) is 2.72. The van der Waals surface area contributed by atoms with Crippen molar-refractivity contribution in [3.05, 3.63) is 18.0 Å². The van der Waals surface area contributed by atoms with E-state index in [-0.39, 0.29) is 0 Å². The van der Waals surface area contributed by atoms with E-state index in [2.05, 4.69) is 47.4 Å². The summed E-state index contributed by atoms with van der Waals surface area (Å²) in [6.45, 7) is 6.60. The predicted molar refractivity (Wildman–Crippen MR) is 78.2 cm³/mol. The molecule has 5 heteroatoms. The van der Waals surface area contributed by atoms with Gasteiger partial charge >= 0.3 is 0 Å². The number of likely N-dealkylation sites (N-methyl/N-ethyl adjacent to an activating group) is 3. The third-order valence-electron chi connectivity index (χ3n) is 4.01. The van der Waals surface area contributed by atoms with E-state index < -0.39 is 0 Å². The van der Waals surface area contributed by atoms with Crippen LogP contribution in [0.5, 0.6) is 0 Å². The standard InChI is InChI=1S/C14H27N5/c1-5-15-14(12-9-16-19(4)10-12)13-11-17(2)7-6-8-18(13)3/h9-10,13-15H,5-8,11H2,1-4H3. The average molecular weight is 265 g/mol. The van der Waals surface area contributed by atoms with Crippen LogP contribution in [0.4, 0.5) is 0 Å². The summed E-state index contributed by atoms with van der Waals surface area (Å²) in [6.07, 6.45) is 5.37. The van der Waals surface area contributed by atoms with Gasteiger partial charge < -0.3 is 15.1 Å². The zero-order valence-corrected chi connectivity index (χ0v) is 12.6. The first-order valence-corrected chi connectivity index (χ1v) is 7.22. The van der Waals surface area contributed by atoms with E-state index in [9.17, 15) is 0 Å². The lowest BCUT2D eigenvalue weighted by molar-refractivity contribution is 0.179. The molecule has 0 saturated carbocycles. The van der Waals surface area contributed by atoms with Crippen LogP contribution in [0.1, 0.15) is 24.9 Å². The van der Waals surface area contributed by atoms with E-state index in [0.717, 1.165) is 19.6 Å². The van der Waals surface area contributed by atoms with E-state index in [1.165, 1.54) is 18.5 Å². The molecule has 0 amide bonds. The highest BCUT2D eigenvalue weighted by atomic mass is 15.3. The van der Waals surface area contributed by atoms with Crippen molar-refractivity contribution in [2.24, 2.45) is 7.05 Å². The molecule has 2 unspecified atom stereocenters. The molecule has 1 fully saturated rings. The molecule has 1 N–H and O–H groups in total. The van der Waals surface area contributed by atoms with E-state index in [1.807, 2.05) is 17.9 Å². The zero-order chi connectivity index (χ0) is 13.8. The highest BCUT2D eigenvalue weighted by Gasteiger charge is 2.29. The van der Waals surface area contributed by atoms with Crippen LogP contribution >= 0.6 is 0 Å². The quantitative estimate of drug-likeness (QED) is 0.870. The summed E-state index contributed by atoms with van der Waals surface area (Å²) in [5, 5.41) is 7.97. The van der Waals surface area contributed by atoms with Crippen molar-refractivity contribution in [3.63, 3.8) is 0 Å². The minimum atomic E-state index is 0.351. The number of rotatable bonds is 4. The third kappa shape index (κ3) is 3.55. The molecular formula is C14H27N5. The van der Waals surface area contributed by atoms with Crippen molar-refractivity contribution in [3.8, 4) is 0 Å². The van der Waals surface area contributed by atoms with Crippen LogP contribution in [0, 0.1) is 0 Å². The maximum Gasteiger partial charge on any atom is 0.0538 e. The summed E-state index contributed by atoms with van der Waals surface area (Å²) in [4.78, 5) is 4.93. The molecule has 1 aliphatic rings. The SMILES string of the molecule is CCNC(c1cnn(C)c1)C1CN(C)CCCN1C. The summed E-state index contributed by atoms with van der Waals surface area (Å²) in [5.74, 6) is 0. The number of hydrogen-bond donors (Lipinski definition) is 1. The lowest BCUT2D eigenvalue weighted by Gasteiger charge is -2.34. The van der Waals surface area contributed by atoms with Crippen LogP contribution in [0.3, 0.4) is 0 Å². The molecule has 108 valence electrons. The predicted octanol–water partition coefficient (Wildman–Crippen LogP) is 0.707. The summed E-state index contributed by atoms with van der Waals surface area (Å²) >= 11 is 0. The summed E-state index contributed by atoms with van der Waals surface area (Å²) < 4.78 is 1.89. The van der Waals surface area contributed by atoms with E-state index >= 15 is 0 Å². The van der Waals surface area contributed by atoms with Crippen LogP contribution in [-0.2, 0) is 7.05 Å². The number of aryl methyl sites for hydroxylation is 1. The second kappa shape index (κ2) is 6.50. The van der Waals surface area contributed by atoms with Gasteiger partial charge in [0.15, 0.2) is 0 Å². The number of aromatic nitrogens is 2. The van der Waals surface area contributed by atoms with Crippen LogP contribution in [0.25, 0.3) is 0 Å². The maximum atomic E-state index is 4.33. The molecule has 0 aromatic carbocycles. The second-order valence-electron chi connectivity index (χ2n) is 5.65. The normalized spacial score (nSPS) is 24.3. The minimum Gasteiger partial charge on any atom is -0.309 e. The smallest absolute Gasteiger partial charge is 0.0538 e. The van der Waals surface area contributed by atoms with Crippen molar-refractivity contribution in [1.29, 1.82) is 0 Å². The third-order valence-corrected chi connectivity index (χ3v) is 4.01. The zero-order valence-electron chi connectivity index (χ0n) is 12.6. The van der Waals surface area contributed by atoms with Crippen LogP contribution in [-0.4, -0.2) is 65.9 Å². The van der Waals surface area contributed by atoms with Gasteiger partial charge in [-0.3, -0.25) is 4.68 Å². The molecule has 0 aliphatic carbocycles. The van der Waals surface area contributed by atoms with Gasteiger partial charge in [0.2, 0.25) is 0 Å². The van der Waals surface area contributed by atoms with Gasteiger partial charge in [-0.2, -0.15) is 5.10 Å². The molecular weight excluding hydrogens is 238 g/mol. The largest absolute Gasteiger partial charge is 0.309 e. The number of hydrogen-bond acceptors (Lipinski definition) is 4. The Morgan fingerprint density at radius 3 is 2.79 bits per heavy atom. The Balaban J connectivity index is 2.20. The minimum absolute atomic E-state index is 0.351. The summed E-state index contributed by atoms with van der Waals surface area (Å²) in [7, 11) is 6.44. The second-order valence-corrected chi connectivity index (χ2v) is 5.65. The molecule has 0 spiro atoms. The molecule has 5 nitrogen and oxygen atoms in total. The first-order chi connectivity index (χ1) is 9.11. The van der Waals surface area contributed by atoms with Gasteiger partial charge in [-0.15, -0.1) is 0 Å². The van der Waals surface area contributed by atoms with Crippen molar-refractivity contribution < 1.29 is 0 Å². The first kappa shape index (κ1) is 14.5. The van der Waals surface area contributed by atoms with Crippen molar-refractivity contribution in [2.45, 2.75) is 25.4 Å². The van der Waals surface area contributed by atoms with Crippen molar-refractivity contribution >= 4 is 0 Å². The molecule has 2 atom stereocenters. The summed E-state index contributed by atoms with van der Waals surface area (Å²) in [5.41, 5.74) is 1.29. The fourth-order valence-corrected chi connectivity index (χ4v) is 2.96. The van der Waals surface area contributed by atoms with Gasteiger partial charge in [0, 0.05) is 31.4 Å². The fraction of sp³-hybridized carbons (Fsp3) is 0.786. The Hall–Kier alpha value is -0.910. The topological polar surface area (TPSA) is 36.3 Å². The monoisotopic (exact) mass is 265 g/mol. The Bertz CT molecular complexity index is 389. The summed E-state index contributed by atoms with van der Waals surface area (Å²) in [6, 6.07) is 0.848. The maximum absolute atomic E-state index is 4.33. The highest BCUT2D eigenvalue weighted by molar-refractivity contribution is 5.14. The molecule has 0 radical (unpaired) electrons. The Morgan fingerprint density at radius 2 is 2.16 bits per heavy atom. The fourth-order valence-electron chi connectivity index (χ4n) is 2.96. The van der Waals surface area contributed by atoms with Gasteiger partial charge in [-0.1, -0.05) is 6.92 Å². The number of nitrogens with zero attached hydrogens (tertiary/aromatic N) is 4. The molecule has 0 bridgehead atoms. The van der Waals surface area contributed by atoms with Crippen LogP contribution < -0.4 is 5.32 Å². The first-order valence-electron chi connectivity index (χ1n) is 7.22. The molecule has 1 aromatic rings. The lowest BCUT2D eigenvalue weighted by Crippen LogP contribution is -2.47. The van der Waals surface area contributed by atoms with Gasteiger partial charge in [-0.25, -0.2) is 0 Å². The Morgan fingerprint density at radius 1 is 1.37 bits per heavy atom. The van der Waals surface area contributed by atoms with Gasteiger partial charge in [-0.05, 0) is 40.2 Å². The molecule has 2 rings (SSSR count). The molecule has 1 aliphatic heterocycles. The van der Waals surface area contributed by atoms with E-state index in [4.69, 9.17) is 0 Å². The van der Waals surface area contributed by atoms with Crippen LogP contribution in [0.2, 0.25) is 0 Å². The van der Waals surface area contributed by atoms with Crippen LogP contribution in [0.15, 0.2) is 12.4 Å². The van der Waals surface area contributed by atoms with Gasteiger partial charge in [0.05, 0.1) is 12.2 Å². The Labute approximate surface area is 116 Å². The molecule has 1 saturated heterocycles. The molecule has 1 aromatic heterocycles. The van der Waals surface area contributed by atoms with Crippen molar-refractivity contribution in [1.82, 2.24) is 24.9 Å². The van der Waals surface area contributed by atoms with E-state index in [1.54, 1.807) is 0 Å². The van der Waals surface area contributed by atoms with E-state index in [0.29, 0.717) is 12.1 Å².